The number of carbonyl (C=O) groups excluding carboxylic acids is 2. The van der Waals surface area contributed by atoms with Crippen molar-refractivity contribution in [3.63, 3.8) is 0 Å². The van der Waals surface area contributed by atoms with E-state index in [0.717, 1.165) is 19.3 Å². The van der Waals surface area contributed by atoms with Crippen molar-refractivity contribution in [1.29, 1.82) is 0 Å². The Balaban J connectivity index is 1.28. The van der Waals surface area contributed by atoms with Gasteiger partial charge in [0.1, 0.15) is 5.75 Å². The molecular formula is C19H23N3O5. The Hall–Kier alpha value is -2.64. The first-order valence-corrected chi connectivity index (χ1v) is 9.40. The number of urea groups is 1. The highest BCUT2D eigenvalue weighted by molar-refractivity contribution is 5.95. The molecule has 0 atom stereocenters. The summed E-state index contributed by atoms with van der Waals surface area (Å²) in [5.74, 6) is 1.72. The minimum Gasteiger partial charge on any atom is -0.484 e. The van der Waals surface area contributed by atoms with Gasteiger partial charge in [-0.2, -0.15) is 0 Å². The van der Waals surface area contributed by atoms with Crippen LogP contribution < -0.4 is 15.4 Å². The summed E-state index contributed by atoms with van der Waals surface area (Å²) in [7, 11) is 0. The highest BCUT2D eigenvalue weighted by Gasteiger charge is 2.51. The number of carbonyl (C=O) groups is 2. The van der Waals surface area contributed by atoms with Crippen LogP contribution >= 0.6 is 0 Å². The molecule has 0 unspecified atom stereocenters. The summed E-state index contributed by atoms with van der Waals surface area (Å²) in [6.45, 7) is -0.380. The van der Waals surface area contributed by atoms with Gasteiger partial charge in [0, 0.05) is 11.6 Å². The Morgan fingerprint density at radius 1 is 1.15 bits per heavy atom. The first-order chi connectivity index (χ1) is 12.9. The van der Waals surface area contributed by atoms with Crippen LogP contribution in [0.4, 0.5) is 10.5 Å². The van der Waals surface area contributed by atoms with Crippen LogP contribution in [0, 0.1) is 27.9 Å². The van der Waals surface area contributed by atoms with Crippen LogP contribution in [0.2, 0.25) is 0 Å². The fourth-order valence-corrected chi connectivity index (χ4v) is 5.53. The summed E-state index contributed by atoms with van der Waals surface area (Å²) >= 11 is 0. The highest BCUT2D eigenvalue weighted by Crippen LogP contribution is 2.55. The molecule has 8 heteroatoms. The van der Waals surface area contributed by atoms with Crippen LogP contribution in [0.25, 0.3) is 0 Å². The van der Waals surface area contributed by atoms with E-state index in [0.29, 0.717) is 17.8 Å². The van der Waals surface area contributed by atoms with Gasteiger partial charge in [-0.1, -0.05) is 6.07 Å². The zero-order chi connectivity index (χ0) is 19.0. The molecule has 0 spiro atoms. The monoisotopic (exact) mass is 373 g/mol. The second kappa shape index (κ2) is 6.83. The maximum atomic E-state index is 12.3. The molecule has 0 aliphatic heterocycles. The van der Waals surface area contributed by atoms with Crippen LogP contribution in [-0.2, 0) is 4.79 Å². The van der Waals surface area contributed by atoms with Gasteiger partial charge in [-0.15, -0.1) is 0 Å². The minimum absolute atomic E-state index is 0.118. The van der Waals surface area contributed by atoms with Crippen LogP contribution in [0.1, 0.15) is 38.5 Å². The Morgan fingerprint density at radius 2 is 1.78 bits per heavy atom. The molecule has 0 saturated heterocycles. The summed E-state index contributed by atoms with van der Waals surface area (Å²) in [6, 6.07) is 5.10. The van der Waals surface area contributed by atoms with E-state index in [-0.39, 0.29) is 23.6 Å². The van der Waals surface area contributed by atoms with Crippen LogP contribution in [0.3, 0.4) is 0 Å². The molecule has 8 nitrogen and oxygen atoms in total. The van der Waals surface area contributed by atoms with Gasteiger partial charge in [-0.25, -0.2) is 4.79 Å². The van der Waals surface area contributed by atoms with Gasteiger partial charge in [-0.05, 0) is 62.3 Å². The van der Waals surface area contributed by atoms with E-state index in [2.05, 4.69) is 10.6 Å². The van der Waals surface area contributed by atoms with Crippen molar-refractivity contribution in [3.05, 3.63) is 34.4 Å². The van der Waals surface area contributed by atoms with Crippen molar-refractivity contribution in [1.82, 2.24) is 10.6 Å². The molecular weight excluding hydrogens is 350 g/mol. The van der Waals surface area contributed by atoms with E-state index in [1.165, 1.54) is 43.5 Å². The molecule has 3 amide bonds. The molecule has 0 radical (unpaired) electrons. The molecule has 4 fully saturated rings. The zero-order valence-corrected chi connectivity index (χ0v) is 15.0. The lowest BCUT2D eigenvalue weighted by Crippen LogP contribution is -2.62. The third-order valence-electron chi connectivity index (χ3n) is 6.07. The number of nitrogens with zero attached hydrogens (tertiary/aromatic N) is 1. The maximum Gasteiger partial charge on any atom is 0.321 e. The molecule has 27 heavy (non-hydrogen) atoms. The number of ether oxygens (including phenoxy) is 1. The number of hydrogen-bond donors (Lipinski definition) is 2. The van der Waals surface area contributed by atoms with Gasteiger partial charge < -0.3 is 10.1 Å². The number of rotatable bonds is 5. The first-order valence-electron chi connectivity index (χ1n) is 9.40. The smallest absolute Gasteiger partial charge is 0.321 e. The first kappa shape index (κ1) is 17.8. The number of nitro groups is 1. The van der Waals surface area contributed by atoms with Gasteiger partial charge in [0.15, 0.2) is 6.61 Å². The molecule has 0 aromatic heterocycles. The SMILES string of the molecule is O=C(COc1cccc([N+](=O)[O-])c1)NC(=O)NC12CC3CC(CC(C3)C1)C2. The van der Waals surface area contributed by atoms with E-state index >= 15 is 0 Å². The Kier molecular flexibility index (Phi) is 4.49. The Labute approximate surface area is 156 Å². The standard InChI is InChI=1S/C19H23N3O5/c23-17(11-27-16-3-1-2-15(7-16)22(25)26)20-18(24)21-19-8-12-4-13(9-19)6-14(5-12)10-19/h1-3,7,12-14H,4-6,8-11H2,(H2,20,21,23,24). The predicted octanol–water partition coefficient (Wildman–Crippen LogP) is 2.77. The van der Waals surface area contributed by atoms with Gasteiger partial charge in [0.05, 0.1) is 11.0 Å². The van der Waals surface area contributed by atoms with Gasteiger partial charge in [-0.3, -0.25) is 20.2 Å². The number of amides is 3. The molecule has 1 aromatic carbocycles. The number of imide groups is 1. The number of nitrogens with one attached hydrogen (secondary N) is 2. The van der Waals surface area contributed by atoms with Crippen molar-refractivity contribution in [2.24, 2.45) is 17.8 Å². The number of non-ortho nitro benzene ring substituents is 1. The Morgan fingerprint density at radius 3 is 2.37 bits per heavy atom. The summed E-state index contributed by atoms with van der Waals surface area (Å²) in [5.41, 5.74) is -0.285. The average molecular weight is 373 g/mol. The third-order valence-corrected chi connectivity index (χ3v) is 6.07. The Bertz CT molecular complexity index is 743. The molecule has 2 N–H and O–H groups in total. The fraction of sp³-hybridized carbons (Fsp3) is 0.579. The average Bonchev–Trinajstić information content (AvgIpc) is 2.58. The molecule has 4 bridgehead atoms. The summed E-state index contributed by atoms with van der Waals surface area (Å²) in [6.07, 6.45) is 6.84. The predicted molar refractivity (Wildman–Crippen MR) is 96.2 cm³/mol. The maximum absolute atomic E-state index is 12.3. The van der Waals surface area contributed by atoms with Crippen molar-refractivity contribution in [2.75, 3.05) is 6.61 Å². The topological polar surface area (TPSA) is 111 Å². The quantitative estimate of drug-likeness (QED) is 0.609. The van der Waals surface area contributed by atoms with Crippen LogP contribution in [0.5, 0.6) is 5.75 Å². The number of nitro benzene ring substituents is 1. The molecule has 0 heterocycles. The van der Waals surface area contributed by atoms with E-state index in [9.17, 15) is 19.7 Å². The fourth-order valence-electron chi connectivity index (χ4n) is 5.53. The lowest BCUT2D eigenvalue weighted by molar-refractivity contribution is -0.384. The minimum atomic E-state index is -0.580. The molecule has 5 rings (SSSR count). The van der Waals surface area contributed by atoms with Crippen molar-refractivity contribution in [3.8, 4) is 5.75 Å². The molecule has 4 saturated carbocycles. The van der Waals surface area contributed by atoms with Gasteiger partial charge in [0.2, 0.25) is 0 Å². The van der Waals surface area contributed by atoms with E-state index in [1.54, 1.807) is 0 Å². The van der Waals surface area contributed by atoms with E-state index in [4.69, 9.17) is 4.74 Å². The van der Waals surface area contributed by atoms with Crippen molar-refractivity contribution < 1.29 is 19.2 Å². The lowest BCUT2D eigenvalue weighted by atomic mass is 9.53. The van der Waals surface area contributed by atoms with Gasteiger partial charge in [0.25, 0.3) is 11.6 Å². The highest BCUT2D eigenvalue weighted by atomic mass is 16.6. The molecule has 144 valence electrons. The van der Waals surface area contributed by atoms with Crippen molar-refractivity contribution in [2.45, 2.75) is 44.1 Å². The van der Waals surface area contributed by atoms with Crippen LogP contribution in [-0.4, -0.2) is 29.0 Å². The molecule has 1 aromatic rings. The van der Waals surface area contributed by atoms with E-state index < -0.39 is 16.9 Å². The summed E-state index contributed by atoms with van der Waals surface area (Å²) < 4.78 is 5.26. The summed E-state index contributed by atoms with van der Waals surface area (Å²) in [4.78, 5) is 34.5. The lowest BCUT2D eigenvalue weighted by Gasteiger charge is -2.56. The second-order valence-corrected chi connectivity index (χ2v) is 8.24. The third kappa shape index (κ3) is 3.89. The van der Waals surface area contributed by atoms with Crippen molar-refractivity contribution >= 4 is 17.6 Å². The number of benzene rings is 1. The normalized spacial score (nSPS) is 30.6. The van der Waals surface area contributed by atoms with Gasteiger partial charge >= 0.3 is 6.03 Å². The van der Waals surface area contributed by atoms with Crippen LogP contribution in [0.15, 0.2) is 24.3 Å². The largest absolute Gasteiger partial charge is 0.484 e. The van der Waals surface area contributed by atoms with E-state index in [1.807, 2.05) is 0 Å². The number of hydrogen-bond acceptors (Lipinski definition) is 5. The zero-order valence-electron chi connectivity index (χ0n) is 15.0. The molecule has 4 aliphatic rings. The summed E-state index contributed by atoms with van der Waals surface area (Å²) in [5, 5.41) is 16.1. The second-order valence-electron chi connectivity index (χ2n) is 8.24. The molecule has 4 aliphatic carbocycles.